The number of carbonyl (C=O) groups excluding carboxylic acids is 1. The summed E-state index contributed by atoms with van der Waals surface area (Å²) in [4.78, 5) is 26.2. The van der Waals surface area contributed by atoms with E-state index in [4.69, 9.17) is 16.1 Å². The van der Waals surface area contributed by atoms with Crippen LogP contribution in [0.5, 0.6) is 5.75 Å². The Morgan fingerprint density at radius 1 is 1.10 bits per heavy atom. The highest BCUT2D eigenvalue weighted by molar-refractivity contribution is 7.59. The summed E-state index contributed by atoms with van der Waals surface area (Å²) in [6, 6.07) is 13.8. The van der Waals surface area contributed by atoms with Crippen LogP contribution in [-0.2, 0) is 11.6 Å². The third kappa shape index (κ3) is 4.09. The van der Waals surface area contributed by atoms with Gasteiger partial charge in [-0.1, -0.05) is 49.7 Å². The zero-order valence-corrected chi connectivity index (χ0v) is 18.1. The molecule has 0 aliphatic rings. The first-order valence-corrected chi connectivity index (χ1v) is 11.6. The van der Waals surface area contributed by atoms with Crippen molar-refractivity contribution in [1.29, 1.82) is 0 Å². The van der Waals surface area contributed by atoms with Crippen molar-refractivity contribution in [3.63, 3.8) is 0 Å². The average molecular weight is 433 g/mol. The van der Waals surface area contributed by atoms with E-state index in [1.807, 2.05) is 6.07 Å². The average Bonchev–Trinajstić information content (AvgIpc) is 2.72. The maximum atomic E-state index is 13.1. The molecular formula is C21H22ClN2O4P. The van der Waals surface area contributed by atoms with Crippen molar-refractivity contribution in [3.8, 4) is 5.75 Å². The van der Waals surface area contributed by atoms with Crippen molar-refractivity contribution >= 4 is 41.5 Å². The first-order valence-electron chi connectivity index (χ1n) is 9.26. The number of halogens is 1. The van der Waals surface area contributed by atoms with Crippen LogP contribution in [0.1, 0.15) is 24.2 Å². The van der Waals surface area contributed by atoms with Crippen LogP contribution in [-0.4, -0.2) is 22.8 Å². The Hall–Kier alpha value is -2.56. The monoisotopic (exact) mass is 432 g/mol. The Morgan fingerprint density at radius 3 is 2.38 bits per heavy atom. The van der Waals surface area contributed by atoms with Gasteiger partial charge in [-0.2, -0.15) is 0 Å². The molecule has 1 aromatic heterocycles. The van der Waals surface area contributed by atoms with Crippen molar-refractivity contribution in [1.82, 2.24) is 4.57 Å². The molecule has 0 saturated carbocycles. The highest BCUT2D eigenvalue weighted by atomic mass is 35.5. The van der Waals surface area contributed by atoms with Crippen molar-refractivity contribution in [2.24, 2.45) is 7.05 Å². The summed E-state index contributed by atoms with van der Waals surface area (Å²) in [7, 11) is -1.54. The molecule has 0 aliphatic carbocycles. The summed E-state index contributed by atoms with van der Waals surface area (Å²) < 4.78 is 20.4. The predicted octanol–water partition coefficient (Wildman–Crippen LogP) is 5.14. The van der Waals surface area contributed by atoms with E-state index in [0.29, 0.717) is 21.6 Å². The fourth-order valence-electron chi connectivity index (χ4n) is 3.04. The molecule has 0 spiro atoms. The molecule has 3 rings (SSSR count). The molecule has 0 unspecified atom stereocenters. The lowest BCUT2D eigenvalue weighted by Crippen LogP contribution is -2.29. The fourth-order valence-corrected chi connectivity index (χ4v) is 4.52. The Bertz CT molecular complexity index is 1170. The lowest BCUT2D eigenvalue weighted by molar-refractivity contribution is 0.102. The van der Waals surface area contributed by atoms with Crippen LogP contribution >= 0.6 is 19.0 Å². The number of benzene rings is 2. The summed E-state index contributed by atoms with van der Waals surface area (Å²) in [6.45, 7) is 3.50. The summed E-state index contributed by atoms with van der Waals surface area (Å²) in [5.41, 5.74) is 0.243. The Labute approximate surface area is 173 Å². The minimum absolute atomic E-state index is 0.0332. The number of aryl methyl sites for hydroxylation is 1. The maximum Gasteiger partial charge on any atom is 0.267 e. The number of aromatic nitrogens is 1. The summed E-state index contributed by atoms with van der Waals surface area (Å²) in [5, 5.41) is 3.40. The molecule has 1 N–H and O–H groups in total. The molecule has 0 aliphatic heterocycles. The minimum atomic E-state index is -3.10. The number of nitrogens with one attached hydrogen (secondary N) is 1. The van der Waals surface area contributed by atoms with E-state index in [1.165, 1.54) is 4.57 Å². The number of hydrogen-bond acceptors (Lipinski definition) is 4. The second-order valence-electron chi connectivity index (χ2n) is 6.56. The number of carbonyl (C=O) groups is 1. The van der Waals surface area contributed by atoms with E-state index in [9.17, 15) is 14.2 Å². The number of amides is 1. The zero-order chi connectivity index (χ0) is 21.2. The van der Waals surface area contributed by atoms with Crippen LogP contribution in [0, 0.1) is 0 Å². The third-order valence-corrected chi connectivity index (χ3v) is 7.56. The van der Waals surface area contributed by atoms with Crippen LogP contribution in [0.25, 0.3) is 10.9 Å². The molecule has 3 aromatic rings. The molecule has 152 valence electrons. The van der Waals surface area contributed by atoms with Gasteiger partial charge >= 0.3 is 0 Å². The van der Waals surface area contributed by atoms with Gasteiger partial charge in [-0.3, -0.25) is 14.2 Å². The third-order valence-electron chi connectivity index (χ3n) is 4.81. The number of fused-ring (bicyclic) bond motifs is 1. The van der Waals surface area contributed by atoms with Crippen LogP contribution < -0.4 is 15.4 Å². The second kappa shape index (κ2) is 8.44. The quantitative estimate of drug-likeness (QED) is 0.547. The van der Waals surface area contributed by atoms with E-state index in [1.54, 1.807) is 63.4 Å². The van der Waals surface area contributed by atoms with Gasteiger partial charge in [0.05, 0.1) is 15.9 Å². The van der Waals surface area contributed by atoms with Crippen molar-refractivity contribution in [2.75, 3.05) is 17.6 Å². The van der Waals surface area contributed by atoms with Gasteiger partial charge in [0, 0.05) is 25.1 Å². The highest BCUT2D eigenvalue weighted by Gasteiger charge is 2.29. The van der Waals surface area contributed by atoms with Crippen LogP contribution in [0.15, 0.2) is 53.3 Å². The molecule has 0 atom stereocenters. The van der Waals surface area contributed by atoms with Crippen molar-refractivity contribution in [3.05, 3.63) is 69.5 Å². The van der Waals surface area contributed by atoms with Gasteiger partial charge in [-0.05, 0) is 24.3 Å². The summed E-state index contributed by atoms with van der Waals surface area (Å²) in [6.07, 6.45) is 0.537. The van der Waals surface area contributed by atoms with Crippen LogP contribution in [0.4, 0.5) is 5.69 Å². The van der Waals surface area contributed by atoms with Crippen molar-refractivity contribution < 1.29 is 13.9 Å². The minimum Gasteiger partial charge on any atom is -0.441 e. The van der Waals surface area contributed by atoms with Gasteiger partial charge in [0.15, 0.2) is 5.75 Å². The Morgan fingerprint density at radius 2 is 1.76 bits per heavy atom. The van der Waals surface area contributed by atoms with E-state index in [2.05, 4.69) is 5.32 Å². The molecule has 0 radical (unpaired) electrons. The number of pyridine rings is 1. The van der Waals surface area contributed by atoms with Gasteiger partial charge < -0.3 is 14.4 Å². The molecular weight excluding hydrogens is 411 g/mol. The Kier molecular flexibility index (Phi) is 6.15. The molecule has 2 aromatic carbocycles. The smallest absolute Gasteiger partial charge is 0.267 e. The van der Waals surface area contributed by atoms with Gasteiger partial charge in [-0.15, -0.1) is 0 Å². The lowest BCUT2D eigenvalue weighted by atomic mass is 10.1. The molecule has 1 heterocycles. The maximum absolute atomic E-state index is 13.1. The van der Waals surface area contributed by atoms with Gasteiger partial charge in [0.2, 0.25) is 7.37 Å². The fraction of sp³-hybridized carbons (Fsp3) is 0.238. The largest absolute Gasteiger partial charge is 0.441 e. The number of para-hydroxylation sites is 1. The van der Waals surface area contributed by atoms with E-state index < -0.39 is 18.8 Å². The van der Waals surface area contributed by atoms with Crippen LogP contribution in [0.2, 0.25) is 5.02 Å². The first-order chi connectivity index (χ1) is 13.8. The van der Waals surface area contributed by atoms with E-state index in [0.717, 1.165) is 0 Å². The second-order valence-corrected chi connectivity index (χ2v) is 10.0. The summed E-state index contributed by atoms with van der Waals surface area (Å²) in [5.74, 6) is -0.679. The number of nitrogens with zero attached hydrogens (tertiary/aromatic N) is 1. The van der Waals surface area contributed by atoms with Gasteiger partial charge in [0.25, 0.3) is 11.5 Å². The van der Waals surface area contributed by atoms with Gasteiger partial charge in [0.1, 0.15) is 5.56 Å². The number of anilines is 1. The summed E-state index contributed by atoms with van der Waals surface area (Å²) >= 11 is 6.42. The number of hydrogen-bond donors (Lipinski definition) is 1. The lowest BCUT2D eigenvalue weighted by Gasteiger charge is -2.21. The van der Waals surface area contributed by atoms with Crippen LogP contribution in [0.3, 0.4) is 0 Å². The number of rotatable bonds is 6. The highest BCUT2D eigenvalue weighted by Crippen LogP contribution is 2.49. The topological polar surface area (TPSA) is 77.4 Å². The zero-order valence-electron chi connectivity index (χ0n) is 16.4. The molecule has 0 bridgehead atoms. The molecule has 29 heavy (non-hydrogen) atoms. The Balaban J connectivity index is 2.30. The molecule has 6 nitrogen and oxygen atoms in total. The molecule has 0 saturated heterocycles. The molecule has 0 fully saturated rings. The van der Waals surface area contributed by atoms with Crippen molar-refractivity contribution in [2.45, 2.75) is 13.8 Å². The molecule has 8 heteroatoms. The first kappa shape index (κ1) is 21.2. The molecule has 1 amide bonds. The SMILES string of the molecule is CCP(=O)(CC)Oc1c(C(=O)Nc2ccccc2)c(=O)n(C)c2cccc(Cl)c12. The van der Waals surface area contributed by atoms with E-state index >= 15 is 0 Å². The standard InChI is InChI=1S/C21H22ClN2O4P/c1-4-29(27,5-2)28-19-17-15(22)12-9-13-16(17)24(3)21(26)18(19)20(25)23-14-10-7-6-8-11-14/h6-13H,4-5H2,1-3H3,(H,23,25). The van der Waals surface area contributed by atoms with E-state index in [-0.39, 0.29) is 23.6 Å². The van der Waals surface area contributed by atoms with Gasteiger partial charge in [-0.25, -0.2) is 0 Å². The normalized spacial score (nSPS) is 11.4. The predicted molar refractivity (Wildman–Crippen MR) is 118 cm³/mol.